The molecule has 1 aliphatic heterocycles. The number of fused-ring (bicyclic) bond motifs is 1. The monoisotopic (exact) mass is 329 g/mol. The molecular weight excluding hydrogens is 302 g/mol. The maximum atomic E-state index is 12.7. The molecule has 2 aromatic rings. The van der Waals surface area contributed by atoms with Gasteiger partial charge < -0.3 is 14.6 Å². The first-order valence-electron chi connectivity index (χ1n) is 8.55. The minimum Gasteiger partial charge on any atom is -0.387 e. The summed E-state index contributed by atoms with van der Waals surface area (Å²) in [5.74, 6) is 0. The molecule has 2 heterocycles. The molecule has 0 spiro atoms. The number of para-hydroxylation sites is 1. The Balaban J connectivity index is 1.84. The van der Waals surface area contributed by atoms with E-state index in [0.29, 0.717) is 19.6 Å². The smallest absolute Gasteiger partial charge is 0.255 e. The molecule has 1 saturated heterocycles. The molecule has 1 aliphatic rings. The van der Waals surface area contributed by atoms with E-state index in [9.17, 15) is 9.90 Å². The standard InChI is InChI=1S/C19H27N3O2/c1-20(2)13-19(24)9-6-10-22(14-19)12-16-11-15-7-4-5-8-17(15)21(3)18(16)23/h4-5,7-8,11,24H,6,9-10,12-14H2,1-3H3. The fourth-order valence-electron chi connectivity index (χ4n) is 3.90. The van der Waals surface area contributed by atoms with E-state index in [0.717, 1.165) is 35.9 Å². The van der Waals surface area contributed by atoms with Crippen LogP contribution in [0.3, 0.4) is 0 Å². The van der Waals surface area contributed by atoms with Gasteiger partial charge in [0, 0.05) is 32.2 Å². The highest BCUT2D eigenvalue weighted by Gasteiger charge is 2.33. The summed E-state index contributed by atoms with van der Waals surface area (Å²) in [4.78, 5) is 16.9. The number of benzene rings is 1. The Labute approximate surface area is 143 Å². The van der Waals surface area contributed by atoms with Crippen molar-refractivity contribution in [3.05, 3.63) is 46.2 Å². The van der Waals surface area contributed by atoms with Crippen molar-refractivity contribution in [1.29, 1.82) is 0 Å². The summed E-state index contributed by atoms with van der Waals surface area (Å²) >= 11 is 0. The molecule has 1 N–H and O–H groups in total. The van der Waals surface area contributed by atoms with E-state index < -0.39 is 5.60 Å². The molecule has 0 bridgehead atoms. The van der Waals surface area contributed by atoms with Crippen molar-refractivity contribution in [2.24, 2.45) is 7.05 Å². The molecule has 5 heteroatoms. The second-order valence-corrected chi connectivity index (χ2v) is 7.37. The third-order valence-corrected chi connectivity index (χ3v) is 4.85. The van der Waals surface area contributed by atoms with Gasteiger partial charge in [0.05, 0.1) is 11.1 Å². The Bertz CT molecular complexity index is 784. The number of rotatable bonds is 4. The zero-order valence-corrected chi connectivity index (χ0v) is 14.8. The molecule has 1 unspecified atom stereocenters. The van der Waals surface area contributed by atoms with Crippen LogP contribution in [0, 0.1) is 0 Å². The summed E-state index contributed by atoms with van der Waals surface area (Å²) < 4.78 is 1.72. The maximum absolute atomic E-state index is 12.7. The minimum absolute atomic E-state index is 0.0513. The van der Waals surface area contributed by atoms with E-state index in [1.165, 1.54) is 0 Å². The molecule has 24 heavy (non-hydrogen) atoms. The van der Waals surface area contributed by atoms with Crippen molar-refractivity contribution in [2.75, 3.05) is 33.7 Å². The summed E-state index contributed by atoms with van der Waals surface area (Å²) in [6.07, 6.45) is 1.77. The highest BCUT2D eigenvalue weighted by atomic mass is 16.3. The summed E-state index contributed by atoms with van der Waals surface area (Å²) in [6, 6.07) is 9.95. The van der Waals surface area contributed by atoms with Crippen molar-refractivity contribution in [3.8, 4) is 0 Å². The van der Waals surface area contributed by atoms with Crippen LogP contribution in [-0.4, -0.2) is 58.8 Å². The second kappa shape index (κ2) is 6.67. The lowest BCUT2D eigenvalue weighted by molar-refractivity contribution is -0.0480. The van der Waals surface area contributed by atoms with Gasteiger partial charge in [0.25, 0.3) is 5.56 Å². The van der Waals surface area contributed by atoms with Crippen molar-refractivity contribution in [2.45, 2.75) is 25.0 Å². The summed E-state index contributed by atoms with van der Waals surface area (Å²) in [5.41, 5.74) is 1.11. The lowest BCUT2D eigenvalue weighted by Gasteiger charge is -2.40. The summed E-state index contributed by atoms with van der Waals surface area (Å²) in [5, 5.41) is 11.9. The number of aliphatic hydroxyl groups is 1. The Kier molecular flexibility index (Phi) is 4.76. The summed E-state index contributed by atoms with van der Waals surface area (Å²) in [7, 11) is 5.79. The maximum Gasteiger partial charge on any atom is 0.255 e. The molecular formula is C19H27N3O2. The molecule has 0 radical (unpaired) electrons. The highest BCUT2D eigenvalue weighted by molar-refractivity contribution is 5.79. The summed E-state index contributed by atoms with van der Waals surface area (Å²) in [6.45, 7) is 2.78. The number of β-amino-alcohol motifs (C(OH)–C–C–N with tert-alkyl or cyclic N) is 1. The van der Waals surface area contributed by atoms with Gasteiger partial charge >= 0.3 is 0 Å². The van der Waals surface area contributed by atoms with Gasteiger partial charge in [0.2, 0.25) is 0 Å². The van der Waals surface area contributed by atoms with E-state index >= 15 is 0 Å². The molecule has 0 aliphatic carbocycles. The minimum atomic E-state index is -0.691. The number of aromatic nitrogens is 1. The van der Waals surface area contributed by atoms with Crippen LogP contribution in [-0.2, 0) is 13.6 Å². The van der Waals surface area contributed by atoms with Crippen LogP contribution in [0.4, 0.5) is 0 Å². The number of pyridine rings is 1. The van der Waals surface area contributed by atoms with Crippen LogP contribution in [0.15, 0.2) is 35.1 Å². The predicted molar refractivity (Wildman–Crippen MR) is 97.2 cm³/mol. The molecule has 5 nitrogen and oxygen atoms in total. The average Bonchev–Trinajstić information content (AvgIpc) is 2.51. The topological polar surface area (TPSA) is 48.7 Å². The van der Waals surface area contributed by atoms with Gasteiger partial charge in [-0.1, -0.05) is 18.2 Å². The van der Waals surface area contributed by atoms with Crippen LogP contribution < -0.4 is 5.56 Å². The molecule has 1 fully saturated rings. The number of piperidine rings is 1. The molecule has 130 valence electrons. The molecule has 1 aromatic carbocycles. The SMILES string of the molecule is CN(C)CC1(O)CCCN(Cc2cc3ccccc3n(C)c2=O)C1. The van der Waals surface area contributed by atoms with Crippen LogP contribution >= 0.6 is 0 Å². The Morgan fingerprint density at radius 1 is 1.29 bits per heavy atom. The highest BCUT2D eigenvalue weighted by Crippen LogP contribution is 2.23. The first-order valence-corrected chi connectivity index (χ1v) is 8.55. The van der Waals surface area contributed by atoms with Gasteiger partial charge in [0.1, 0.15) is 0 Å². The largest absolute Gasteiger partial charge is 0.387 e. The van der Waals surface area contributed by atoms with Gasteiger partial charge in [-0.15, -0.1) is 0 Å². The number of likely N-dealkylation sites (N-methyl/N-ethyl adjacent to an activating group) is 1. The molecule has 0 amide bonds. The van der Waals surface area contributed by atoms with Gasteiger partial charge in [-0.05, 0) is 51.0 Å². The van der Waals surface area contributed by atoms with Gasteiger partial charge in [-0.2, -0.15) is 0 Å². The van der Waals surface area contributed by atoms with E-state index in [2.05, 4.69) is 4.90 Å². The zero-order chi connectivity index (χ0) is 17.3. The lowest BCUT2D eigenvalue weighted by atomic mass is 9.92. The fraction of sp³-hybridized carbons (Fsp3) is 0.526. The third-order valence-electron chi connectivity index (χ3n) is 4.85. The second-order valence-electron chi connectivity index (χ2n) is 7.37. The van der Waals surface area contributed by atoms with Gasteiger partial charge in [-0.25, -0.2) is 0 Å². The van der Waals surface area contributed by atoms with Crippen molar-refractivity contribution in [3.63, 3.8) is 0 Å². The average molecular weight is 329 g/mol. The lowest BCUT2D eigenvalue weighted by Crippen LogP contribution is -2.53. The first-order chi connectivity index (χ1) is 11.4. The first kappa shape index (κ1) is 17.1. The molecule has 0 saturated carbocycles. The van der Waals surface area contributed by atoms with Crippen LogP contribution in [0.2, 0.25) is 0 Å². The fourth-order valence-corrected chi connectivity index (χ4v) is 3.90. The molecule has 1 aromatic heterocycles. The number of likely N-dealkylation sites (tertiary alicyclic amines) is 1. The van der Waals surface area contributed by atoms with Gasteiger partial charge in [0.15, 0.2) is 0 Å². The van der Waals surface area contributed by atoms with Crippen LogP contribution in [0.5, 0.6) is 0 Å². The number of hydrogen-bond acceptors (Lipinski definition) is 4. The van der Waals surface area contributed by atoms with E-state index in [1.807, 2.05) is 56.4 Å². The van der Waals surface area contributed by atoms with Crippen molar-refractivity contribution in [1.82, 2.24) is 14.4 Å². The number of nitrogens with zero attached hydrogens (tertiary/aromatic N) is 3. The Hall–Kier alpha value is -1.69. The number of hydrogen-bond donors (Lipinski definition) is 1. The number of aryl methyl sites for hydroxylation is 1. The van der Waals surface area contributed by atoms with E-state index in [1.54, 1.807) is 4.57 Å². The van der Waals surface area contributed by atoms with Crippen LogP contribution in [0.25, 0.3) is 10.9 Å². The van der Waals surface area contributed by atoms with Crippen molar-refractivity contribution >= 4 is 10.9 Å². The van der Waals surface area contributed by atoms with E-state index in [4.69, 9.17) is 0 Å². The molecule has 3 rings (SSSR count). The van der Waals surface area contributed by atoms with Crippen LogP contribution in [0.1, 0.15) is 18.4 Å². The Morgan fingerprint density at radius 2 is 2.04 bits per heavy atom. The van der Waals surface area contributed by atoms with Gasteiger partial charge in [-0.3, -0.25) is 9.69 Å². The normalized spacial score (nSPS) is 22.4. The zero-order valence-electron chi connectivity index (χ0n) is 14.8. The van der Waals surface area contributed by atoms with Crippen molar-refractivity contribution < 1.29 is 5.11 Å². The molecule has 1 atom stereocenters. The third kappa shape index (κ3) is 3.53. The quantitative estimate of drug-likeness (QED) is 0.922. The predicted octanol–water partition coefficient (Wildman–Crippen LogP) is 1.43. The Morgan fingerprint density at radius 3 is 2.79 bits per heavy atom. The van der Waals surface area contributed by atoms with E-state index in [-0.39, 0.29) is 5.56 Å².